The first kappa shape index (κ1) is 25.5. The Hall–Kier alpha value is -2.71. The number of amides is 1. The second-order valence-electron chi connectivity index (χ2n) is 8.86. The minimum atomic E-state index is -4.33. The standard InChI is InChI=1S/C24H33N3O4S/c1-6-21(19-10-8-7-9-11-19)25-17(2)22(26-23(28)24(3,4)5)16-18-12-14-20(15-13-18)27-32(29,30)31/h7-15,21-22,27H,6,16H2,1-5H3,(H,26,28)(H,29,30,31)/t21?,22-/m0/s1. The first-order valence-electron chi connectivity index (χ1n) is 10.6. The Morgan fingerprint density at radius 3 is 2.16 bits per heavy atom. The lowest BCUT2D eigenvalue weighted by Crippen LogP contribution is -2.46. The first-order valence-corrected chi connectivity index (χ1v) is 12.1. The molecule has 174 valence electrons. The van der Waals surface area contributed by atoms with Gasteiger partial charge < -0.3 is 5.32 Å². The summed E-state index contributed by atoms with van der Waals surface area (Å²) in [6, 6.07) is 16.4. The van der Waals surface area contributed by atoms with Gasteiger partial charge in [0.05, 0.1) is 17.8 Å². The molecule has 3 N–H and O–H groups in total. The zero-order valence-corrected chi connectivity index (χ0v) is 20.1. The van der Waals surface area contributed by atoms with Crippen LogP contribution in [-0.4, -0.2) is 30.6 Å². The van der Waals surface area contributed by atoms with Gasteiger partial charge in [0.15, 0.2) is 0 Å². The van der Waals surface area contributed by atoms with Crippen molar-refractivity contribution in [2.45, 2.75) is 59.5 Å². The van der Waals surface area contributed by atoms with E-state index in [4.69, 9.17) is 9.55 Å². The average Bonchev–Trinajstić information content (AvgIpc) is 2.71. The number of carbonyl (C=O) groups excluding carboxylic acids is 1. The first-order chi connectivity index (χ1) is 14.9. The zero-order chi connectivity index (χ0) is 23.9. The molecular weight excluding hydrogens is 426 g/mol. The smallest absolute Gasteiger partial charge is 0.347 e. The Kier molecular flexibility index (Phi) is 8.58. The molecule has 2 rings (SSSR count). The molecule has 0 heterocycles. The molecule has 1 amide bonds. The number of hydrogen-bond acceptors (Lipinski definition) is 4. The number of hydrogen-bond donors (Lipinski definition) is 3. The third-order valence-corrected chi connectivity index (χ3v) is 5.56. The largest absolute Gasteiger partial charge is 0.357 e. The van der Waals surface area contributed by atoms with Crippen LogP contribution in [0.15, 0.2) is 59.6 Å². The SMILES string of the molecule is CCC(N=C(C)[C@H](Cc1ccc(NS(=O)(=O)O)cc1)NC(=O)C(C)(C)C)c1ccccc1. The number of rotatable bonds is 9. The van der Waals surface area contributed by atoms with Gasteiger partial charge in [-0.2, -0.15) is 8.42 Å². The fourth-order valence-electron chi connectivity index (χ4n) is 3.18. The molecule has 0 aliphatic heterocycles. The molecule has 0 saturated heterocycles. The third-order valence-electron chi connectivity index (χ3n) is 5.06. The second-order valence-corrected chi connectivity index (χ2v) is 10.0. The van der Waals surface area contributed by atoms with Crippen molar-refractivity contribution in [2.24, 2.45) is 10.4 Å². The summed E-state index contributed by atoms with van der Waals surface area (Å²) in [6.07, 6.45) is 1.33. The van der Waals surface area contributed by atoms with Gasteiger partial charge in [0, 0.05) is 11.1 Å². The highest BCUT2D eigenvalue weighted by Crippen LogP contribution is 2.22. The van der Waals surface area contributed by atoms with E-state index in [1.807, 2.05) is 50.6 Å². The minimum Gasteiger partial charge on any atom is -0.347 e. The molecule has 0 radical (unpaired) electrons. The molecule has 2 aromatic carbocycles. The highest BCUT2D eigenvalue weighted by atomic mass is 32.2. The van der Waals surface area contributed by atoms with Crippen LogP contribution in [0.4, 0.5) is 5.69 Å². The summed E-state index contributed by atoms with van der Waals surface area (Å²) in [4.78, 5) is 17.7. The van der Waals surface area contributed by atoms with Crippen LogP contribution in [0, 0.1) is 5.41 Å². The van der Waals surface area contributed by atoms with Crippen LogP contribution in [0.2, 0.25) is 0 Å². The predicted octanol–water partition coefficient (Wildman–Crippen LogP) is 4.59. The second kappa shape index (κ2) is 10.7. The van der Waals surface area contributed by atoms with E-state index in [0.29, 0.717) is 6.42 Å². The Balaban J connectivity index is 2.30. The highest BCUT2D eigenvalue weighted by molar-refractivity contribution is 7.87. The van der Waals surface area contributed by atoms with Gasteiger partial charge in [-0.25, -0.2) is 0 Å². The molecule has 32 heavy (non-hydrogen) atoms. The molecule has 0 fully saturated rings. The fraction of sp³-hybridized carbons (Fsp3) is 0.417. The Morgan fingerprint density at radius 1 is 1.06 bits per heavy atom. The lowest BCUT2D eigenvalue weighted by molar-refractivity contribution is -0.128. The van der Waals surface area contributed by atoms with Crippen LogP contribution in [0.3, 0.4) is 0 Å². The number of benzene rings is 2. The lowest BCUT2D eigenvalue weighted by Gasteiger charge is -2.26. The third kappa shape index (κ3) is 8.09. The summed E-state index contributed by atoms with van der Waals surface area (Å²) in [6.45, 7) is 9.59. The molecule has 2 aromatic rings. The van der Waals surface area contributed by atoms with Gasteiger partial charge in [-0.1, -0.05) is 70.2 Å². The topological polar surface area (TPSA) is 108 Å². The van der Waals surface area contributed by atoms with Crippen molar-refractivity contribution in [1.82, 2.24) is 5.32 Å². The van der Waals surface area contributed by atoms with E-state index >= 15 is 0 Å². The van der Waals surface area contributed by atoms with Gasteiger partial charge in [0.25, 0.3) is 0 Å². The van der Waals surface area contributed by atoms with E-state index < -0.39 is 15.7 Å². The summed E-state index contributed by atoms with van der Waals surface area (Å²) in [5.41, 5.74) is 2.54. The molecule has 0 bridgehead atoms. The van der Waals surface area contributed by atoms with Crippen molar-refractivity contribution in [3.8, 4) is 0 Å². The molecule has 0 aromatic heterocycles. The number of carbonyl (C=O) groups is 1. The average molecular weight is 460 g/mol. The van der Waals surface area contributed by atoms with Gasteiger partial charge in [-0.05, 0) is 43.0 Å². The van der Waals surface area contributed by atoms with Crippen molar-refractivity contribution in [1.29, 1.82) is 0 Å². The van der Waals surface area contributed by atoms with Crippen molar-refractivity contribution < 1.29 is 17.8 Å². The number of nitrogens with one attached hydrogen (secondary N) is 2. The monoisotopic (exact) mass is 459 g/mol. The van der Waals surface area contributed by atoms with E-state index in [-0.39, 0.29) is 23.7 Å². The maximum absolute atomic E-state index is 12.7. The summed E-state index contributed by atoms with van der Waals surface area (Å²) < 4.78 is 33.0. The lowest BCUT2D eigenvalue weighted by atomic mass is 9.93. The molecule has 0 aliphatic rings. The van der Waals surface area contributed by atoms with Crippen molar-refractivity contribution >= 4 is 27.6 Å². The number of anilines is 1. The summed E-state index contributed by atoms with van der Waals surface area (Å²) in [5, 5.41) is 3.12. The summed E-state index contributed by atoms with van der Waals surface area (Å²) in [7, 11) is -4.33. The zero-order valence-electron chi connectivity index (χ0n) is 19.3. The quantitative estimate of drug-likeness (QED) is 0.376. The van der Waals surface area contributed by atoms with Crippen LogP contribution < -0.4 is 10.0 Å². The summed E-state index contributed by atoms with van der Waals surface area (Å²) in [5.74, 6) is -0.0746. The number of nitrogens with zero attached hydrogens (tertiary/aromatic N) is 1. The fourth-order valence-corrected chi connectivity index (χ4v) is 3.62. The van der Waals surface area contributed by atoms with Crippen LogP contribution in [0.5, 0.6) is 0 Å². The van der Waals surface area contributed by atoms with Gasteiger partial charge in [-0.15, -0.1) is 0 Å². The van der Waals surface area contributed by atoms with Crippen LogP contribution >= 0.6 is 0 Å². The molecule has 7 nitrogen and oxygen atoms in total. The molecular formula is C24H33N3O4S. The van der Waals surface area contributed by atoms with Crippen LogP contribution in [-0.2, 0) is 21.5 Å². The Morgan fingerprint density at radius 2 is 1.66 bits per heavy atom. The molecule has 1 unspecified atom stereocenters. The Bertz CT molecular complexity index is 1030. The maximum atomic E-state index is 12.7. The van der Waals surface area contributed by atoms with E-state index in [9.17, 15) is 13.2 Å². The maximum Gasteiger partial charge on any atom is 0.357 e. The molecule has 0 saturated carbocycles. The van der Waals surface area contributed by atoms with E-state index in [1.54, 1.807) is 24.3 Å². The van der Waals surface area contributed by atoms with Gasteiger partial charge >= 0.3 is 10.3 Å². The highest BCUT2D eigenvalue weighted by Gasteiger charge is 2.26. The van der Waals surface area contributed by atoms with Gasteiger partial charge in [0.2, 0.25) is 5.91 Å². The Labute approximate surface area is 191 Å². The van der Waals surface area contributed by atoms with Gasteiger partial charge in [0.1, 0.15) is 0 Å². The van der Waals surface area contributed by atoms with Crippen molar-refractivity contribution in [3.63, 3.8) is 0 Å². The molecule has 0 spiro atoms. The van der Waals surface area contributed by atoms with E-state index in [1.165, 1.54) is 0 Å². The summed E-state index contributed by atoms with van der Waals surface area (Å²) >= 11 is 0. The van der Waals surface area contributed by atoms with E-state index in [2.05, 4.69) is 24.4 Å². The van der Waals surface area contributed by atoms with Crippen molar-refractivity contribution in [3.05, 3.63) is 65.7 Å². The number of aliphatic imine (C=N–C) groups is 1. The normalized spacial score (nSPS) is 14.5. The van der Waals surface area contributed by atoms with Crippen molar-refractivity contribution in [2.75, 3.05) is 4.72 Å². The molecule has 8 heteroatoms. The van der Waals surface area contributed by atoms with E-state index in [0.717, 1.165) is 23.3 Å². The molecule has 0 aliphatic carbocycles. The van der Waals surface area contributed by atoms with Crippen LogP contribution in [0.1, 0.15) is 58.2 Å². The predicted molar refractivity (Wildman–Crippen MR) is 129 cm³/mol. The van der Waals surface area contributed by atoms with Gasteiger partial charge in [-0.3, -0.25) is 19.1 Å². The van der Waals surface area contributed by atoms with Crippen LogP contribution in [0.25, 0.3) is 0 Å². The minimum absolute atomic E-state index is 0.00780. The molecule has 2 atom stereocenters.